The van der Waals surface area contributed by atoms with Crippen LogP contribution < -0.4 is 0 Å². The molecule has 0 saturated heterocycles. The first-order valence-corrected chi connectivity index (χ1v) is 29.0. The zero-order valence-electron chi connectivity index (χ0n) is 44.9. The second kappa shape index (κ2) is 56.4. The Balaban J connectivity index is 4.35. The monoisotopic (exact) mass is 949 g/mol. The Kier molecular flexibility index (Phi) is 53.8. The second-order valence-corrected chi connectivity index (χ2v) is 19.2. The highest BCUT2D eigenvalue weighted by atomic mass is 16.6. The zero-order chi connectivity index (χ0) is 49.3. The normalized spacial score (nSPS) is 12.6. The van der Waals surface area contributed by atoms with E-state index in [1.807, 2.05) is 0 Å². The summed E-state index contributed by atoms with van der Waals surface area (Å²) in [5.74, 6) is -0.896. The number of allylic oxidation sites excluding steroid dienone is 12. The summed E-state index contributed by atoms with van der Waals surface area (Å²) < 4.78 is 16.9. The second-order valence-electron chi connectivity index (χ2n) is 19.2. The van der Waals surface area contributed by atoms with Crippen molar-refractivity contribution in [3.63, 3.8) is 0 Å². The van der Waals surface area contributed by atoms with E-state index in [-0.39, 0.29) is 31.1 Å². The third-order valence-electron chi connectivity index (χ3n) is 12.5. The van der Waals surface area contributed by atoms with Gasteiger partial charge in [0.05, 0.1) is 0 Å². The van der Waals surface area contributed by atoms with Gasteiger partial charge in [0.15, 0.2) is 6.10 Å². The quantitative estimate of drug-likeness (QED) is 0.0199. The SMILES string of the molecule is CC/C=C\C/C=C\CCCCCCCC(=O)OCC(COC(=O)CCCCCCCCCCCC/C=C\C=C/CCCCC)OC(=O)CCCCCCCCCCCC/C=C\C=C/CCCCC. The van der Waals surface area contributed by atoms with Gasteiger partial charge in [0.25, 0.3) is 0 Å². The van der Waals surface area contributed by atoms with E-state index in [4.69, 9.17) is 14.2 Å². The molecule has 0 aliphatic heterocycles. The third-order valence-corrected chi connectivity index (χ3v) is 12.5. The molecule has 6 heteroatoms. The van der Waals surface area contributed by atoms with Crippen LogP contribution in [0.2, 0.25) is 0 Å². The minimum atomic E-state index is -0.784. The van der Waals surface area contributed by atoms with Crippen LogP contribution in [0.25, 0.3) is 0 Å². The molecular formula is C62H108O6. The van der Waals surface area contributed by atoms with Crippen LogP contribution in [0.5, 0.6) is 0 Å². The molecular weight excluding hydrogens is 841 g/mol. The molecule has 0 spiro atoms. The van der Waals surface area contributed by atoms with Crippen molar-refractivity contribution in [3.8, 4) is 0 Å². The molecule has 0 fully saturated rings. The van der Waals surface area contributed by atoms with Crippen LogP contribution in [0.4, 0.5) is 0 Å². The Morgan fingerprint density at radius 3 is 0.971 bits per heavy atom. The predicted molar refractivity (Wildman–Crippen MR) is 293 cm³/mol. The number of hydrogen-bond donors (Lipinski definition) is 0. The van der Waals surface area contributed by atoms with Gasteiger partial charge in [-0.15, -0.1) is 0 Å². The van der Waals surface area contributed by atoms with E-state index in [9.17, 15) is 14.4 Å². The number of rotatable bonds is 52. The number of hydrogen-bond acceptors (Lipinski definition) is 6. The maximum absolute atomic E-state index is 12.9. The van der Waals surface area contributed by atoms with E-state index >= 15 is 0 Å². The average molecular weight is 950 g/mol. The molecule has 0 heterocycles. The fraction of sp³-hybridized carbons (Fsp3) is 0.758. The van der Waals surface area contributed by atoms with Crippen LogP contribution in [0, 0.1) is 0 Å². The van der Waals surface area contributed by atoms with Gasteiger partial charge in [0.1, 0.15) is 13.2 Å². The van der Waals surface area contributed by atoms with E-state index in [1.165, 1.54) is 154 Å². The van der Waals surface area contributed by atoms with Gasteiger partial charge in [-0.05, 0) is 96.3 Å². The topological polar surface area (TPSA) is 78.9 Å². The zero-order valence-corrected chi connectivity index (χ0v) is 44.9. The van der Waals surface area contributed by atoms with Gasteiger partial charge in [-0.2, -0.15) is 0 Å². The highest BCUT2D eigenvalue weighted by Crippen LogP contribution is 2.16. The molecule has 0 aromatic carbocycles. The molecule has 392 valence electrons. The van der Waals surface area contributed by atoms with Gasteiger partial charge in [-0.25, -0.2) is 0 Å². The lowest BCUT2D eigenvalue weighted by atomic mass is 10.1. The van der Waals surface area contributed by atoms with Crippen molar-refractivity contribution in [2.45, 2.75) is 290 Å². The first kappa shape index (κ1) is 64.8. The molecule has 0 saturated carbocycles. The van der Waals surface area contributed by atoms with Crippen molar-refractivity contribution in [1.29, 1.82) is 0 Å². The van der Waals surface area contributed by atoms with Crippen molar-refractivity contribution < 1.29 is 28.6 Å². The summed E-state index contributed by atoms with van der Waals surface area (Å²) in [6.45, 7) is 6.48. The molecule has 0 aromatic rings. The van der Waals surface area contributed by atoms with E-state index in [0.29, 0.717) is 19.3 Å². The molecule has 0 radical (unpaired) electrons. The van der Waals surface area contributed by atoms with Crippen molar-refractivity contribution in [2.75, 3.05) is 13.2 Å². The fourth-order valence-corrected chi connectivity index (χ4v) is 8.11. The standard InChI is InChI=1S/C62H108O6/c1-4-7-10-13-16-19-22-25-27-29-31-33-35-37-40-43-46-49-52-55-61(64)67-58-59(57-66-60(63)54-51-48-45-42-39-24-21-18-15-12-9-6-3)68-62(65)56-53-50-47-44-41-38-36-34-32-30-28-26-23-20-17-14-11-8-5-2/h9,12,16-23,25-26,59H,4-8,10-11,13-15,24,27-58H2,1-3H3/b12-9-,19-16-,20-17-,21-18-,25-22-,26-23-. The number of carbonyl (C=O) groups is 3. The van der Waals surface area contributed by atoms with Crippen LogP contribution in [0.3, 0.4) is 0 Å². The first-order valence-electron chi connectivity index (χ1n) is 29.0. The lowest BCUT2D eigenvalue weighted by molar-refractivity contribution is -0.167. The number of ether oxygens (including phenoxy) is 3. The van der Waals surface area contributed by atoms with Crippen molar-refractivity contribution in [3.05, 3.63) is 72.9 Å². The van der Waals surface area contributed by atoms with E-state index in [0.717, 1.165) is 89.9 Å². The third kappa shape index (κ3) is 53.8. The minimum Gasteiger partial charge on any atom is -0.462 e. The van der Waals surface area contributed by atoms with Gasteiger partial charge in [0, 0.05) is 19.3 Å². The summed E-state index contributed by atoms with van der Waals surface area (Å²) in [6, 6.07) is 0. The summed E-state index contributed by atoms with van der Waals surface area (Å²) >= 11 is 0. The molecule has 0 aromatic heterocycles. The Labute approximate surface area is 421 Å². The van der Waals surface area contributed by atoms with Crippen molar-refractivity contribution >= 4 is 17.9 Å². The Bertz CT molecular complexity index is 1270. The summed E-state index contributed by atoms with van der Waals surface area (Å²) in [4.78, 5) is 38.1. The lowest BCUT2D eigenvalue weighted by Crippen LogP contribution is -2.30. The Morgan fingerprint density at radius 2 is 0.618 bits per heavy atom. The van der Waals surface area contributed by atoms with E-state index in [2.05, 4.69) is 93.7 Å². The van der Waals surface area contributed by atoms with Gasteiger partial charge in [-0.3, -0.25) is 14.4 Å². The van der Waals surface area contributed by atoms with Crippen LogP contribution >= 0.6 is 0 Å². The van der Waals surface area contributed by atoms with Crippen molar-refractivity contribution in [1.82, 2.24) is 0 Å². The minimum absolute atomic E-state index is 0.0825. The van der Waals surface area contributed by atoms with Gasteiger partial charge >= 0.3 is 17.9 Å². The first-order chi connectivity index (χ1) is 33.5. The molecule has 1 atom stereocenters. The molecule has 0 aliphatic carbocycles. The summed E-state index contributed by atoms with van der Waals surface area (Å²) in [6.07, 6.45) is 71.8. The van der Waals surface area contributed by atoms with Crippen molar-refractivity contribution in [2.24, 2.45) is 0 Å². The largest absolute Gasteiger partial charge is 0.462 e. The average Bonchev–Trinajstić information content (AvgIpc) is 3.34. The predicted octanol–water partition coefficient (Wildman–Crippen LogP) is 19.4. The van der Waals surface area contributed by atoms with E-state index < -0.39 is 6.10 Å². The smallest absolute Gasteiger partial charge is 0.306 e. The molecule has 6 nitrogen and oxygen atoms in total. The summed E-state index contributed by atoms with van der Waals surface area (Å²) in [5, 5.41) is 0. The summed E-state index contributed by atoms with van der Waals surface area (Å²) in [5.41, 5.74) is 0. The number of unbranched alkanes of at least 4 members (excludes halogenated alkanes) is 31. The molecule has 68 heavy (non-hydrogen) atoms. The number of esters is 3. The van der Waals surface area contributed by atoms with Crippen LogP contribution in [-0.4, -0.2) is 37.2 Å². The van der Waals surface area contributed by atoms with Crippen LogP contribution in [-0.2, 0) is 28.6 Å². The summed E-state index contributed by atoms with van der Waals surface area (Å²) in [7, 11) is 0. The Morgan fingerprint density at radius 1 is 0.324 bits per heavy atom. The highest BCUT2D eigenvalue weighted by molar-refractivity contribution is 5.71. The molecule has 1 unspecified atom stereocenters. The van der Waals surface area contributed by atoms with E-state index in [1.54, 1.807) is 0 Å². The fourth-order valence-electron chi connectivity index (χ4n) is 8.11. The maximum atomic E-state index is 12.9. The maximum Gasteiger partial charge on any atom is 0.306 e. The molecule has 0 amide bonds. The number of carbonyl (C=O) groups excluding carboxylic acids is 3. The highest BCUT2D eigenvalue weighted by Gasteiger charge is 2.19. The van der Waals surface area contributed by atoms with Gasteiger partial charge in [0.2, 0.25) is 0 Å². The molecule has 0 aliphatic rings. The van der Waals surface area contributed by atoms with Crippen LogP contribution in [0.15, 0.2) is 72.9 Å². The lowest BCUT2D eigenvalue weighted by Gasteiger charge is -2.18. The molecule has 0 rings (SSSR count). The molecule has 0 N–H and O–H groups in total. The van der Waals surface area contributed by atoms with Gasteiger partial charge in [-0.1, -0.05) is 241 Å². The van der Waals surface area contributed by atoms with Gasteiger partial charge < -0.3 is 14.2 Å². The molecule has 0 bridgehead atoms. The Hall–Kier alpha value is -3.15. The van der Waals surface area contributed by atoms with Crippen LogP contribution in [0.1, 0.15) is 284 Å².